The number of nitrogens with one attached hydrogen (secondary N) is 1. The van der Waals surface area contributed by atoms with E-state index in [0.717, 1.165) is 6.07 Å². The Morgan fingerprint density at radius 2 is 2.06 bits per heavy atom. The van der Waals surface area contributed by atoms with Crippen LogP contribution in [0.3, 0.4) is 0 Å². The van der Waals surface area contributed by atoms with E-state index in [0.29, 0.717) is 25.1 Å². The minimum atomic E-state index is -4.74. The van der Waals surface area contributed by atoms with Crippen LogP contribution in [0.25, 0.3) is 0 Å². The van der Waals surface area contributed by atoms with Crippen molar-refractivity contribution in [2.75, 3.05) is 11.9 Å². The monoisotopic (exact) mass is 245 g/mol. The number of ketones is 1. The second-order valence-electron chi connectivity index (χ2n) is 3.71. The SMILES string of the molecule is O=C1CCCNc2ccc(OC(F)(F)F)cc21. The van der Waals surface area contributed by atoms with E-state index >= 15 is 0 Å². The van der Waals surface area contributed by atoms with Gasteiger partial charge in [-0.1, -0.05) is 0 Å². The topological polar surface area (TPSA) is 38.3 Å². The molecule has 0 radical (unpaired) electrons. The lowest BCUT2D eigenvalue weighted by molar-refractivity contribution is -0.274. The molecule has 0 spiro atoms. The first kappa shape index (κ1) is 11.8. The first-order valence-corrected chi connectivity index (χ1v) is 5.12. The number of ether oxygens (including phenoxy) is 1. The van der Waals surface area contributed by atoms with Crippen LogP contribution in [0.2, 0.25) is 0 Å². The third-order valence-corrected chi connectivity index (χ3v) is 2.42. The summed E-state index contributed by atoms with van der Waals surface area (Å²) in [7, 11) is 0. The Morgan fingerprint density at radius 1 is 1.29 bits per heavy atom. The Balaban J connectivity index is 2.32. The normalized spacial score (nSPS) is 15.8. The van der Waals surface area contributed by atoms with Crippen LogP contribution >= 0.6 is 0 Å². The van der Waals surface area contributed by atoms with Gasteiger partial charge in [-0.25, -0.2) is 0 Å². The maximum Gasteiger partial charge on any atom is 0.573 e. The van der Waals surface area contributed by atoms with Crippen LogP contribution in [0.4, 0.5) is 18.9 Å². The van der Waals surface area contributed by atoms with Gasteiger partial charge in [0.1, 0.15) is 5.75 Å². The van der Waals surface area contributed by atoms with E-state index in [1.54, 1.807) is 0 Å². The molecule has 0 saturated heterocycles. The summed E-state index contributed by atoms with van der Waals surface area (Å²) >= 11 is 0. The van der Waals surface area contributed by atoms with Gasteiger partial charge in [-0.15, -0.1) is 13.2 Å². The molecule has 6 heteroatoms. The average molecular weight is 245 g/mol. The average Bonchev–Trinajstić information content (AvgIpc) is 2.39. The number of carbonyl (C=O) groups excluding carboxylic acids is 1. The van der Waals surface area contributed by atoms with E-state index in [1.807, 2.05) is 0 Å². The number of hydrogen-bond acceptors (Lipinski definition) is 3. The van der Waals surface area contributed by atoms with Gasteiger partial charge in [-0.2, -0.15) is 0 Å². The number of anilines is 1. The molecule has 0 atom stereocenters. The molecule has 1 aromatic rings. The van der Waals surface area contributed by atoms with Crippen molar-refractivity contribution < 1.29 is 22.7 Å². The molecule has 92 valence electrons. The molecule has 0 aromatic heterocycles. The molecule has 2 rings (SSSR count). The number of fused-ring (bicyclic) bond motifs is 1. The Morgan fingerprint density at radius 3 is 2.76 bits per heavy atom. The Kier molecular flexibility index (Phi) is 2.95. The molecule has 17 heavy (non-hydrogen) atoms. The summed E-state index contributed by atoms with van der Waals surface area (Å²) in [6, 6.07) is 3.75. The van der Waals surface area contributed by atoms with Crippen LogP contribution in [0.5, 0.6) is 5.75 Å². The fraction of sp³-hybridized carbons (Fsp3) is 0.364. The summed E-state index contributed by atoms with van der Waals surface area (Å²) in [5, 5.41) is 2.99. The second-order valence-corrected chi connectivity index (χ2v) is 3.71. The number of alkyl halides is 3. The minimum Gasteiger partial charge on any atom is -0.406 e. The molecule has 0 unspecified atom stereocenters. The molecule has 0 amide bonds. The standard InChI is InChI=1S/C11H10F3NO2/c12-11(13,14)17-7-3-4-9-8(6-7)10(16)2-1-5-15-9/h3-4,6,15H,1-2,5H2. The fourth-order valence-corrected chi connectivity index (χ4v) is 1.71. The van der Waals surface area contributed by atoms with E-state index < -0.39 is 6.36 Å². The summed E-state index contributed by atoms with van der Waals surface area (Å²) in [5.41, 5.74) is 0.811. The van der Waals surface area contributed by atoms with Gasteiger partial charge in [-0.05, 0) is 24.6 Å². The fourth-order valence-electron chi connectivity index (χ4n) is 1.71. The number of Topliss-reactive ketones (excluding diaryl/α,β-unsaturated/α-hetero) is 1. The maximum absolute atomic E-state index is 12.0. The molecule has 0 bridgehead atoms. The van der Waals surface area contributed by atoms with Crippen molar-refractivity contribution in [3.05, 3.63) is 23.8 Å². The maximum atomic E-state index is 12.0. The number of rotatable bonds is 1. The third kappa shape index (κ3) is 2.89. The molecular weight excluding hydrogens is 235 g/mol. The van der Waals surface area contributed by atoms with Gasteiger partial charge in [0, 0.05) is 24.2 Å². The summed E-state index contributed by atoms with van der Waals surface area (Å²) in [4.78, 5) is 11.6. The third-order valence-electron chi connectivity index (χ3n) is 2.42. The Bertz CT molecular complexity index is 443. The lowest BCUT2D eigenvalue weighted by atomic mass is 10.1. The zero-order chi connectivity index (χ0) is 12.5. The van der Waals surface area contributed by atoms with Gasteiger partial charge in [0.25, 0.3) is 0 Å². The summed E-state index contributed by atoms with van der Waals surface area (Å²) in [6.45, 7) is 0.637. The Hall–Kier alpha value is -1.72. The smallest absolute Gasteiger partial charge is 0.406 e. The minimum absolute atomic E-state index is 0.169. The predicted octanol–water partition coefficient (Wildman–Crippen LogP) is 2.97. The molecule has 1 N–H and O–H groups in total. The van der Waals surface area contributed by atoms with Gasteiger partial charge in [0.15, 0.2) is 5.78 Å². The van der Waals surface area contributed by atoms with Gasteiger partial charge in [0.05, 0.1) is 0 Å². The van der Waals surface area contributed by atoms with E-state index in [2.05, 4.69) is 10.1 Å². The van der Waals surface area contributed by atoms with Gasteiger partial charge >= 0.3 is 6.36 Å². The molecule has 1 aromatic carbocycles. The van der Waals surface area contributed by atoms with E-state index in [1.165, 1.54) is 12.1 Å². The first-order valence-electron chi connectivity index (χ1n) is 5.12. The van der Waals surface area contributed by atoms with Gasteiger partial charge < -0.3 is 10.1 Å². The molecule has 1 heterocycles. The summed E-state index contributed by atoms with van der Waals surface area (Å²) in [5.74, 6) is -0.536. The van der Waals surface area contributed by atoms with E-state index in [-0.39, 0.29) is 17.1 Å². The van der Waals surface area contributed by atoms with Crippen LogP contribution in [0.15, 0.2) is 18.2 Å². The zero-order valence-corrected chi connectivity index (χ0v) is 8.80. The molecular formula is C11H10F3NO2. The van der Waals surface area contributed by atoms with Crippen LogP contribution in [-0.4, -0.2) is 18.7 Å². The molecule has 0 aliphatic carbocycles. The zero-order valence-electron chi connectivity index (χ0n) is 8.80. The number of benzene rings is 1. The lowest BCUT2D eigenvalue weighted by Crippen LogP contribution is -2.17. The quantitative estimate of drug-likeness (QED) is 0.826. The number of halogens is 3. The van der Waals surface area contributed by atoms with Gasteiger partial charge in [0.2, 0.25) is 0 Å². The van der Waals surface area contributed by atoms with Crippen LogP contribution < -0.4 is 10.1 Å². The van der Waals surface area contributed by atoms with E-state index in [4.69, 9.17) is 0 Å². The van der Waals surface area contributed by atoms with Crippen molar-refractivity contribution in [1.82, 2.24) is 0 Å². The number of carbonyl (C=O) groups is 1. The summed E-state index contributed by atoms with van der Waals surface area (Å²) < 4.78 is 39.9. The lowest BCUT2D eigenvalue weighted by Gasteiger charge is -2.11. The van der Waals surface area contributed by atoms with Crippen molar-refractivity contribution in [3.8, 4) is 5.75 Å². The summed E-state index contributed by atoms with van der Waals surface area (Å²) in [6.07, 6.45) is -3.74. The number of hydrogen-bond donors (Lipinski definition) is 1. The van der Waals surface area contributed by atoms with Crippen LogP contribution in [0.1, 0.15) is 23.2 Å². The predicted molar refractivity (Wildman–Crippen MR) is 55.2 cm³/mol. The Labute approximate surface area is 95.6 Å². The first-order chi connectivity index (χ1) is 7.96. The van der Waals surface area contributed by atoms with Crippen LogP contribution in [0, 0.1) is 0 Å². The van der Waals surface area contributed by atoms with E-state index in [9.17, 15) is 18.0 Å². The molecule has 1 aliphatic rings. The van der Waals surface area contributed by atoms with Crippen LogP contribution in [-0.2, 0) is 0 Å². The molecule has 0 fully saturated rings. The van der Waals surface area contributed by atoms with Crippen molar-refractivity contribution in [2.24, 2.45) is 0 Å². The second kappa shape index (κ2) is 4.27. The molecule has 3 nitrogen and oxygen atoms in total. The largest absolute Gasteiger partial charge is 0.573 e. The van der Waals surface area contributed by atoms with Crippen molar-refractivity contribution in [3.63, 3.8) is 0 Å². The highest BCUT2D eigenvalue weighted by molar-refractivity contribution is 6.02. The van der Waals surface area contributed by atoms with Crippen molar-refractivity contribution >= 4 is 11.5 Å². The molecule has 0 saturated carbocycles. The van der Waals surface area contributed by atoms with Gasteiger partial charge in [-0.3, -0.25) is 4.79 Å². The van der Waals surface area contributed by atoms with Crippen molar-refractivity contribution in [1.29, 1.82) is 0 Å². The van der Waals surface area contributed by atoms with Crippen molar-refractivity contribution in [2.45, 2.75) is 19.2 Å². The highest BCUT2D eigenvalue weighted by Crippen LogP contribution is 2.29. The highest BCUT2D eigenvalue weighted by atomic mass is 19.4. The molecule has 1 aliphatic heterocycles. The highest BCUT2D eigenvalue weighted by Gasteiger charge is 2.31.